The largest absolute Gasteiger partial charge is 0.294 e. The molecule has 18 heavy (non-hydrogen) atoms. The van der Waals surface area contributed by atoms with Gasteiger partial charge in [-0.3, -0.25) is 4.79 Å². The zero-order valence-electron chi connectivity index (χ0n) is 9.92. The molecule has 0 amide bonds. The van der Waals surface area contributed by atoms with Crippen molar-refractivity contribution in [2.45, 2.75) is 13.3 Å². The molecule has 2 rings (SSSR count). The zero-order valence-corrected chi connectivity index (χ0v) is 9.92. The molecule has 0 atom stereocenters. The number of aromatic nitrogens is 2. The van der Waals surface area contributed by atoms with Crippen LogP contribution in [0.1, 0.15) is 27.0 Å². The van der Waals surface area contributed by atoms with E-state index in [0.29, 0.717) is 11.1 Å². The van der Waals surface area contributed by atoms with E-state index in [1.807, 2.05) is 13.0 Å². The predicted octanol–water partition coefficient (Wildman–Crippen LogP) is 2.08. The maximum absolute atomic E-state index is 12.1. The minimum absolute atomic E-state index is 0.0248. The Labute approximate surface area is 105 Å². The van der Waals surface area contributed by atoms with Gasteiger partial charge in [-0.05, 0) is 30.2 Å². The summed E-state index contributed by atoms with van der Waals surface area (Å²) in [4.78, 5) is 12.1. The number of carbonyl (C=O) groups excluding carboxylic acids is 1. The minimum atomic E-state index is -0.0248. The maximum Gasteiger partial charge on any atom is 0.167 e. The lowest BCUT2D eigenvalue weighted by Crippen LogP contribution is -2.06. The second-order valence-corrected chi connectivity index (χ2v) is 3.99. The van der Waals surface area contributed by atoms with E-state index in [2.05, 4.69) is 10.2 Å². The van der Waals surface area contributed by atoms with Gasteiger partial charge in [-0.2, -0.15) is 15.5 Å². The molecule has 0 aliphatic rings. The fraction of sp³-hybridized carbons (Fsp3) is 0.143. The highest BCUT2D eigenvalue weighted by atomic mass is 16.1. The second-order valence-electron chi connectivity index (χ2n) is 3.99. The first-order chi connectivity index (χ1) is 8.70. The van der Waals surface area contributed by atoms with Crippen LogP contribution in [0.3, 0.4) is 0 Å². The van der Waals surface area contributed by atoms with Gasteiger partial charge in [-0.25, -0.2) is 0 Å². The number of aryl methyl sites for hydroxylation is 1. The van der Waals surface area contributed by atoms with Gasteiger partial charge in [0.05, 0.1) is 24.0 Å². The molecule has 0 spiro atoms. The topological polar surface area (TPSA) is 66.6 Å². The van der Waals surface area contributed by atoms with Gasteiger partial charge < -0.3 is 0 Å². The van der Waals surface area contributed by atoms with Gasteiger partial charge in [0.1, 0.15) is 0 Å². The molecule has 0 bridgehead atoms. The second kappa shape index (κ2) is 5.19. The van der Waals surface area contributed by atoms with Gasteiger partial charge in [0.15, 0.2) is 5.78 Å². The average molecular weight is 237 g/mol. The van der Waals surface area contributed by atoms with E-state index in [1.54, 1.807) is 36.7 Å². The fourth-order valence-corrected chi connectivity index (χ4v) is 1.63. The van der Waals surface area contributed by atoms with Crippen LogP contribution < -0.4 is 0 Å². The van der Waals surface area contributed by atoms with Crippen LogP contribution >= 0.6 is 0 Å². The van der Waals surface area contributed by atoms with Crippen molar-refractivity contribution in [1.29, 1.82) is 5.26 Å². The van der Waals surface area contributed by atoms with E-state index >= 15 is 0 Å². The van der Waals surface area contributed by atoms with Crippen molar-refractivity contribution in [2.75, 3.05) is 0 Å². The molecule has 0 fully saturated rings. The van der Waals surface area contributed by atoms with E-state index in [9.17, 15) is 4.79 Å². The zero-order chi connectivity index (χ0) is 13.0. The molecule has 0 unspecified atom stereocenters. The summed E-state index contributed by atoms with van der Waals surface area (Å²) >= 11 is 0. The minimum Gasteiger partial charge on any atom is -0.294 e. The summed E-state index contributed by atoms with van der Waals surface area (Å²) in [7, 11) is 0. The Morgan fingerprint density at radius 3 is 2.83 bits per heavy atom. The van der Waals surface area contributed by atoms with Crippen molar-refractivity contribution in [2.24, 2.45) is 0 Å². The van der Waals surface area contributed by atoms with Crippen LogP contribution in [0.4, 0.5) is 0 Å². The molecule has 0 radical (unpaired) electrons. The molecule has 1 aromatic carbocycles. The van der Waals surface area contributed by atoms with Crippen molar-refractivity contribution in [3.8, 4) is 6.07 Å². The first kappa shape index (κ1) is 11.9. The number of carbonyl (C=O) groups is 1. The molecule has 0 aliphatic heterocycles. The number of rotatable bonds is 3. The van der Waals surface area contributed by atoms with Crippen molar-refractivity contribution in [1.82, 2.24) is 10.2 Å². The molecule has 4 nitrogen and oxygen atoms in total. The van der Waals surface area contributed by atoms with E-state index in [0.717, 1.165) is 11.1 Å². The lowest BCUT2D eigenvalue weighted by Gasteiger charge is -2.03. The smallest absolute Gasteiger partial charge is 0.167 e. The SMILES string of the molecule is Cc1cnncc1CC(=O)c1cccc(C#N)c1. The summed E-state index contributed by atoms with van der Waals surface area (Å²) in [6.45, 7) is 1.89. The quantitative estimate of drug-likeness (QED) is 0.766. The highest BCUT2D eigenvalue weighted by molar-refractivity contribution is 5.97. The maximum atomic E-state index is 12.1. The van der Waals surface area contributed by atoms with Crippen molar-refractivity contribution in [3.63, 3.8) is 0 Å². The first-order valence-corrected chi connectivity index (χ1v) is 5.50. The van der Waals surface area contributed by atoms with Gasteiger partial charge in [0.2, 0.25) is 0 Å². The molecule has 0 saturated carbocycles. The summed E-state index contributed by atoms with van der Waals surface area (Å²) in [5.74, 6) is -0.0248. The average Bonchev–Trinajstić information content (AvgIpc) is 2.41. The molecule has 0 aliphatic carbocycles. The summed E-state index contributed by atoms with van der Waals surface area (Å²) in [5.41, 5.74) is 2.84. The molecular weight excluding hydrogens is 226 g/mol. The number of hydrogen-bond acceptors (Lipinski definition) is 4. The van der Waals surface area contributed by atoms with Crippen LogP contribution in [0.2, 0.25) is 0 Å². The van der Waals surface area contributed by atoms with Crippen LogP contribution in [-0.4, -0.2) is 16.0 Å². The third-order valence-electron chi connectivity index (χ3n) is 2.70. The molecule has 2 aromatic rings. The Bertz CT molecular complexity index is 629. The molecule has 0 saturated heterocycles. The highest BCUT2D eigenvalue weighted by Gasteiger charge is 2.09. The molecule has 1 aromatic heterocycles. The summed E-state index contributed by atoms with van der Waals surface area (Å²) in [6.07, 6.45) is 3.51. The van der Waals surface area contributed by atoms with Gasteiger partial charge in [0, 0.05) is 12.0 Å². The lowest BCUT2D eigenvalue weighted by atomic mass is 10.0. The highest BCUT2D eigenvalue weighted by Crippen LogP contribution is 2.11. The van der Waals surface area contributed by atoms with Gasteiger partial charge in [0.25, 0.3) is 0 Å². The number of benzene rings is 1. The fourth-order valence-electron chi connectivity index (χ4n) is 1.63. The Morgan fingerprint density at radius 1 is 1.33 bits per heavy atom. The van der Waals surface area contributed by atoms with Crippen LogP contribution in [0.5, 0.6) is 0 Å². The van der Waals surface area contributed by atoms with E-state index in [-0.39, 0.29) is 12.2 Å². The molecule has 4 heteroatoms. The number of nitriles is 1. The molecule has 1 heterocycles. The normalized spacial score (nSPS) is 9.78. The van der Waals surface area contributed by atoms with E-state index < -0.39 is 0 Å². The van der Waals surface area contributed by atoms with Gasteiger partial charge in [-0.15, -0.1) is 0 Å². The lowest BCUT2D eigenvalue weighted by molar-refractivity contribution is 0.0992. The summed E-state index contributed by atoms with van der Waals surface area (Å²) in [6, 6.07) is 8.73. The number of Topliss-reactive ketones (excluding diaryl/α,β-unsaturated/α-hetero) is 1. The monoisotopic (exact) mass is 237 g/mol. The van der Waals surface area contributed by atoms with E-state index in [4.69, 9.17) is 5.26 Å². The predicted molar refractivity (Wildman–Crippen MR) is 66.0 cm³/mol. The number of ketones is 1. The molecule has 0 N–H and O–H groups in total. The Morgan fingerprint density at radius 2 is 2.11 bits per heavy atom. The third kappa shape index (κ3) is 2.58. The Hall–Kier alpha value is -2.54. The summed E-state index contributed by atoms with van der Waals surface area (Å²) in [5, 5.41) is 16.3. The number of nitrogens with zero attached hydrogens (tertiary/aromatic N) is 3. The van der Waals surface area contributed by atoms with Crippen LogP contribution in [-0.2, 0) is 6.42 Å². The summed E-state index contributed by atoms with van der Waals surface area (Å²) < 4.78 is 0. The Balaban J connectivity index is 2.23. The van der Waals surface area contributed by atoms with Crippen molar-refractivity contribution in [3.05, 3.63) is 58.9 Å². The van der Waals surface area contributed by atoms with Crippen molar-refractivity contribution < 1.29 is 4.79 Å². The van der Waals surface area contributed by atoms with Crippen molar-refractivity contribution >= 4 is 5.78 Å². The number of hydrogen-bond donors (Lipinski definition) is 0. The van der Waals surface area contributed by atoms with Crippen LogP contribution in [0, 0.1) is 18.3 Å². The van der Waals surface area contributed by atoms with E-state index in [1.165, 1.54) is 0 Å². The molecular formula is C14H11N3O. The van der Waals surface area contributed by atoms with Crippen LogP contribution in [0.25, 0.3) is 0 Å². The van der Waals surface area contributed by atoms with Crippen LogP contribution in [0.15, 0.2) is 36.7 Å². The molecule has 88 valence electrons. The van der Waals surface area contributed by atoms with Gasteiger partial charge >= 0.3 is 0 Å². The van der Waals surface area contributed by atoms with Gasteiger partial charge in [-0.1, -0.05) is 12.1 Å². The first-order valence-electron chi connectivity index (χ1n) is 5.50. The third-order valence-corrected chi connectivity index (χ3v) is 2.70. The Kier molecular flexibility index (Phi) is 3.44. The standard InChI is InChI=1S/C14H11N3O/c1-10-8-16-17-9-13(10)6-14(18)12-4-2-3-11(5-12)7-15/h2-5,8-9H,6H2,1H3.